The van der Waals surface area contributed by atoms with Gasteiger partial charge in [-0.3, -0.25) is 14.3 Å². The maximum Gasteiger partial charge on any atom is 0.302 e. The molecule has 1 amide bonds. The van der Waals surface area contributed by atoms with Crippen LogP contribution in [0.5, 0.6) is 11.6 Å². The highest BCUT2D eigenvalue weighted by molar-refractivity contribution is 9.10. The molecule has 1 saturated carbocycles. The van der Waals surface area contributed by atoms with E-state index in [9.17, 15) is 9.90 Å². The van der Waals surface area contributed by atoms with Gasteiger partial charge in [-0.15, -0.1) is 10.2 Å². The first-order valence-electron chi connectivity index (χ1n) is 13.7. The van der Waals surface area contributed by atoms with E-state index in [1.165, 1.54) is 18.4 Å². The van der Waals surface area contributed by atoms with Gasteiger partial charge in [0.25, 0.3) is 0 Å². The van der Waals surface area contributed by atoms with Gasteiger partial charge in [0.05, 0.1) is 12.2 Å². The van der Waals surface area contributed by atoms with Gasteiger partial charge in [0.2, 0.25) is 5.88 Å². The molecular formula is C31H39BrN4O3. The molecule has 1 saturated heterocycles. The molecule has 2 aromatic carbocycles. The first kappa shape index (κ1) is 27.8. The van der Waals surface area contributed by atoms with Crippen LogP contribution in [0.2, 0.25) is 0 Å². The summed E-state index contributed by atoms with van der Waals surface area (Å²) in [5.74, 6) is 0.0977. The van der Waals surface area contributed by atoms with E-state index in [0.29, 0.717) is 29.6 Å². The fraction of sp³-hybridized carbons (Fsp3) is 0.516. The standard InChI is InChI=1S/C31H39BrN4O3/c1-29(2,3)20-7-10-23(11-8-20)39-16-26(37)33-34-27-24-13-21(32)9-12-25(24)36(28(27)38)19-35-18-31(6)15-22(35)14-30(4,5)17-31/h7-13,22,38H,14-19H2,1-6H3. The molecule has 2 aliphatic rings. The number of ether oxygens (including phenoxy) is 1. The Labute approximate surface area is 239 Å². The second-order valence-electron chi connectivity index (χ2n) is 13.5. The zero-order valence-electron chi connectivity index (χ0n) is 23.8. The number of hydrogen-bond acceptors (Lipinski definition) is 5. The SMILES string of the molecule is CC1(C)CC2CC(C)(CN2Cn2c(O)c(N=NC(=O)COc3ccc(C(C)(C)C)cc3)c3cc(Br)ccc32)C1. The number of carbonyl (C=O) groups is 1. The first-order valence-corrected chi connectivity index (χ1v) is 14.5. The van der Waals surface area contributed by atoms with Crippen LogP contribution in [0.3, 0.4) is 0 Å². The topological polar surface area (TPSA) is 79.4 Å². The molecule has 1 aliphatic carbocycles. The molecule has 1 aliphatic heterocycles. The summed E-state index contributed by atoms with van der Waals surface area (Å²) in [4.78, 5) is 15.0. The third-order valence-corrected chi connectivity index (χ3v) is 8.66. The van der Waals surface area contributed by atoms with Gasteiger partial charge >= 0.3 is 5.91 Å². The van der Waals surface area contributed by atoms with E-state index in [4.69, 9.17) is 4.74 Å². The van der Waals surface area contributed by atoms with Crippen LogP contribution in [-0.4, -0.2) is 39.7 Å². The Morgan fingerprint density at radius 2 is 1.85 bits per heavy atom. The maximum absolute atomic E-state index is 12.5. The van der Waals surface area contributed by atoms with Crippen molar-refractivity contribution in [3.8, 4) is 11.6 Å². The smallest absolute Gasteiger partial charge is 0.302 e. The molecule has 39 heavy (non-hydrogen) atoms. The molecular weight excluding hydrogens is 556 g/mol. The lowest BCUT2D eigenvalue weighted by Crippen LogP contribution is -2.35. The summed E-state index contributed by atoms with van der Waals surface area (Å²) in [6, 6.07) is 14.0. The van der Waals surface area contributed by atoms with Gasteiger partial charge in [-0.1, -0.05) is 69.6 Å². The number of aromatic nitrogens is 1. The number of likely N-dealkylation sites (tertiary alicyclic amines) is 1. The first-order chi connectivity index (χ1) is 18.2. The van der Waals surface area contributed by atoms with Crippen LogP contribution in [0.15, 0.2) is 57.2 Å². The van der Waals surface area contributed by atoms with Crippen molar-refractivity contribution >= 4 is 38.4 Å². The van der Waals surface area contributed by atoms with Gasteiger partial charge in [0.1, 0.15) is 5.75 Å². The van der Waals surface area contributed by atoms with Gasteiger partial charge in [-0.25, -0.2) is 0 Å². The zero-order chi connectivity index (χ0) is 28.2. The minimum atomic E-state index is -0.520. The Balaban J connectivity index is 1.34. The number of rotatable bonds is 6. The van der Waals surface area contributed by atoms with Gasteiger partial charge in [-0.2, -0.15) is 0 Å². The van der Waals surface area contributed by atoms with Crippen molar-refractivity contribution in [2.24, 2.45) is 21.1 Å². The van der Waals surface area contributed by atoms with Crippen LogP contribution in [-0.2, 0) is 16.9 Å². The number of benzene rings is 2. The molecule has 1 N–H and O–H groups in total. The summed E-state index contributed by atoms with van der Waals surface area (Å²) in [5.41, 5.74) is 2.99. The highest BCUT2D eigenvalue weighted by atomic mass is 79.9. The van der Waals surface area contributed by atoms with Crippen molar-refractivity contribution in [3.63, 3.8) is 0 Å². The summed E-state index contributed by atoms with van der Waals surface area (Å²) < 4.78 is 8.39. The van der Waals surface area contributed by atoms with Crippen LogP contribution in [0.1, 0.15) is 66.4 Å². The van der Waals surface area contributed by atoms with E-state index < -0.39 is 5.91 Å². The van der Waals surface area contributed by atoms with Crippen molar-refractivity contribution in [2.45, 2.75) is 78.9 Å². The highest BCUT2D eigenvalue weighted by Gasteiger charge is 2.49. The van der Waals surface area contributed by atoms with Gasteiger partial charge < -0.3 is 9.84 Å². The van der Waals surface area contributed by atoms with E-state index in [2.05, 4.69) is 72.6 Å². The number of halogens is 1. The molecule has 1 aromatic heterocycles. The molecule has 2 unspecified atom stereocenters. The number of amides is 1. The number of aromatic hydroxyl groups is 1. The van der Waals surface area contributed by atoms with Gasteiger partial charge in [0.15, 0.2) is 12.3 Å². The maximum atomic E-state index is 12.5. The second-order valence-corrected chi connectivity index (χ2v) is 14.4. The molecule has 0 radical (unpaired) electrons. The Morgan fingerprint density at radius 1 is 1.13 bits per heavy atom. The van der Waals surface area contributed by atoms with Crippen LogP contribution in [0.4, 0.5) is 5.69 Å². The summed E-state index contributed by atoms with van der Waals surface area (Å²) in [5, 5.41) is 20.2. The normalized spacial score (nSPS) is 23.1. The van der Waals surface area contributed by atoms with Crippen LogP contribution < -0.4 is 4.74 Å². The molecule has 2 heterocycles. The predicted octanol–water partition coefficient (Wildman–Crippen LogP) is 7.95. The predicted molar refractivity (Wildman–Crippen MR) is 158 cm³/mol. The monoisotopic (exact) mass is 594 g/mol. The minimum absolute atomic E-state index is 0.0178. The summed E-state index contributed by atoms with van der Waals surface area (Å²) >= 11 is 3.53. The summed E-state index contributed by atoms with van der Waals surface area (Å²) in [6.07, 6.45) is 3.54. The number of fused-ring (bicyclic) bond motifs is 3. The largest absolute Gasteiger partial charge is 0.493 e. The Morgan fingerprint density at radius 3 is 2.54 bits per heavy atom. The van der Waals surface area contributed by atoms with Gasteiger partial charge in [-0.05, 0) is 71.4 Å². The van der Waals surface area contributed by atoms with Gasteiger partial charge in [0, 0.05) is 22.4 Å². The quantitative estimate of drug-likeness (QED) is 0.293. The number of nitrogens with zero attached hydrogens (tertiary/aromatic N) is 4. The minimum Gasteiger partial charge on any atom is -0.493 e. The highest BCUT2D eigenvalue weighted by Crippen LogP contribution is 2.53. The van der Waals surface area contributed by atoms with Crippen molar-refractivity contribution in [1.29, 1.82) is 0 Å². The Hall–Kier alpha value is -2.71. The van der Waals surface area contributed by atoms with Crippen molar-refractivity contribution in [3.05, 3.63) is 52.5 Å². The van der Waals surface area contributed by atoms with E-state index in [-0.39, 0.29) is 23.3 Å². The lowest BCUT2D eigenvalue weighted by atomic mass is 9.65. The molecule has 3 aromatic rings. The average molecular weight is 596 g/mol. The van der Waals surface area contributed by atoms with Crippen molar-refractivity contribution in [2.75, 3.05) is 13.2 Å². The van der Waals surface area contributed by atoms with Crippen molar-refractivity contribution < 1.29 is 14.6 Å². The molecule has 5 rings (SSSR count). The number of azo groups is 1. The summed E-state index contributed by atoms with van der Waals surface area (Å²) in [7, 11) is 0. The number of carbonyl (C=O) groups excluding carboxylic acids is 1. The molecule has 208 valence electrons. The molecule has 0 spiro atoms. The lowest BCUT2D eigenvalue weighted by molar-refractivity contribution is -0.120. The lowest BCUT2D eigenvalue weighted by Gasteiger charge is -2.40. The van der Waals surface area contributed by atoms with E-state index in [1.54, 1.807) is 0 Å². The van der Waals surface area contributed by atoms with Crippen LogP contribution in [0, 0.1) is 10.8 Å². The van der Waals surface area contributed by atoms with Crippen LogP contribution >= 0.6 is 15.9 Å². The fourth-order valence-electron chi connectivity index (χ4n) is 6.79. The Bertz CT molecular complexity index is 1420. The molecule has 8 heteroatoms. The molecule has 2 bridgehead atoms. The van der Waals surface area contributed by atoms with Crippen LogP contribution in [0.25, 0.3) is 10.9 Å². The second kappa shape index (κ2) is 10.0. The summed E-state index contributed by atoms with van der Waals surface area (Å²) in [6.45, 7) is 14.9. The van der Waals surface area contributed by atoms with E-state index in [1.807, 2.05) is 47.0 Å². The number of hydrogen-bond donors (Lipinski definition) is 1. The zero-order valence-corrected chi connectivity index (χ0v) is 25.4. The molecule has 7 nitrogen and oxygen atoms in total. The molecule has 2 fully saturated rings. The third-order valence-electron chi connectivity index (χ3n) is 8.16. The molecule has 2 atom stereocenters. The van der Waals surface area contributed by atoms with E-state index in [0.717, 1.165) is 28.3 Å². The third kappa shape index (κ3) is 5.92. The van der Waals surface area contributed by atoms with E-state index >= 15 is 0 Å². The fourth-order valence-corrected chi connectivity index (χ4v) is 7.15. The Kier molecular flexibility index (Phi) is 7.17. The van der Waals surface area contributed by atoms with Crippen molar-refractivity contribution in [1.82, 2.24) is 9.47 Å². The average Bonchev–Trinajstić information content (AvgIpc) is 3.23.